The molecule has 0 aliphatic carbocycles. The third-order valence-electron chi connectivity index (χ3n) is 3.36. The summed E-state index contributed by atoms with van der Waals surface area (Å²) in [6, 6.07) is 8.79. The molecule has 26 heavy (non-hydrogen) atoms. The van der Waals surface area contributed by atoms with Crippen LogP contribution in [0.2, 0.25) is 0 Å². The largest absolute Gasteiger partial charge is 0.495 e. The summed E-state index contributed by atoms with van der Waals surface area (Å²) >= 11 is 0. The summed E-state index contributed by atoms with van der Waals surface area (Å²) in [6.45, 7) is 1.61. The molecule has 132 valence electrons. The minimum Gasteiger partial charge on any atom is -0.495 e. The van der Waals surface area contributed by atoms with Gasteiger partial charge in [0.1, 0.15) is 11.4 Å². The van der Waals surface area contributed by atoms with Crippen LogP contribution in [0.25, 0.3) is 11.5 Å². The van der Waals surface area contributed by atoms with Crippen molar-refractivity contribution in [3.8, 4) is 23.1 Å². The third kappa shape index (κ3) is 4.29. The Bertz CT molecular complexity index is 902. The van der Waals surface area contributed by atoms with Gasteiger partial charge in [-0.3, -0.25) is 9.78 Å². The van der Waals surface area contributed by atoms with E-state index in [4.69, 9.17) is 9.47 Å². The van der Waals surface area contributed by atoms with E-state index in [1.54, 1.807) is 50.0 Å². The first-order valence-electron chi connectivity index (χ1n) is 7.83. The Hall–Kier alpha value is -3.55. The molecule has 3 aromatic rings. The quantitative estimate of drug-likeness (QED) is 0.727. The zero-order valence-corrected chi connectivity index (χ0v) is 14.3. The molecule has 2 heterocycles. The van der Waals surface area contributed by atoms with Gasteiger partial charge in [0.15, 0.2) is 12.4 Å². The zero-order valence-electron chi connectivity index (χ0n) is 14.3. The molecule has 0 unspecified atom stereocenters. The molecule has 0 atom stereocenters. The van der Waals surface area contributed by atoms with E-state index in [1.807, 2.05) is 13.0 Å². The summed E-state index contributed by atoms with van der Waals surface area (Å²) in [5.41, 5.74) is 1.79. The number of hydrogen-bond donors (Lipinski definition) is 1. The number of benzene rings is 1. The summed E-state index contributed by atoms with van der Waals surface area (Å²) in [5.74, 6) is 0.919. The van der Waals surface area contributed by atoms with Gasteiger partial charge in [0.05, 0.1) is 19.0 Å². The summed E-state index contributed by atoms with van der Waals surface area (Å²) < 4.78 is 10.7. The molecular weight excluding hydrogens is 334 g/mol. The maximum atomic E-state index is 12.1. The van der Waals surface area contributed by atoms with Gasteiger partial charge in [-0.05, 0) is 19.1 Å². The number of methoxy groups -OCH3 is 1. The second kappa shape index (κ2) is 8.02. The van der Waals surface area contributed by atoms with Crippen molar-refractivity contribution in [3.63, 3.8) is 0 Å². The van der Waals surface area contributed by atoms with Crippen molar-refractivity contribution in [1.29, 1.82) is 0 Å². The first-order valence-corrected chi connectivity index (χ1v) is 7.83. The van der Waals surface area contributed by atoms with Crippen LogP contribution in [-0.2, 0) is 4.79 Å². The Balaban J connectivity index is 1.68. The Kier molecular flexibility index (Phi) is 5.33. The molecule has 1 amide bonds. The molecule has 1 aromatic carbocycles. The standard InChI is InChI=1S/C18H17N5O3/c1-12-9-17(23-18(21-12)14-10-19-7-8-20-14)26-11-16(24)22-13-5-3-4-6-15(13)25-2/h3-10H,11H2,1-2H3,(H,22,24). The lowest BCUT2D eigenvalue weighted by atomic mass is 10.3. The highest BCUT2D eigenvalue weighted by atomic mass is 16.5. The fourth-order valence-corrected chi connectivity index (χ4v) is 2.22. The molecule has 0 aliphatic rings. The molecule has 0 radical (unpaired) electrons. The van der Waals surface area contributed by atoms with Crippen LogP contribution >= 0.6 is 0 Å². The number of rotatable bonds is 6. The van der Waals surface area contributed by atoms with Gasteiger partial charge in [0, 0.05) is 24.2 Å². The minimum atomic E-state index is -0.327. The fraction of sp³-hybridized carbons (Fsp3) is 0.167. The average molecular weight is 351 g/mol. The Morgan fingerprint density at radius 3 is 2.81 bits per heavy atom. The molecule has 0 saturated heterocycles. The lowest BCUT2D eigenvalue weighted by Crippen LogP contribution is -2.21. The van der Waals surface area contributed by atoms with Gasteiger partial charge in [-0.1, -0.05) is 12.1 Å². The van der Waals surface area contributed by atoms with Crippen LogP contribution in [0.1, 0.15) is 5.69 Å². The summed E-state index contributed by atoms with van der Waals surface area (Å²) in [5, 5.41) is 2.74. The van der Waals surface area contributed by atoms with Crippen molar-refractivity contribution in [3.05, 3.63) is 54.6 Å². The molecular formula is C18H17N5O3. The predicted molar refractivity (Wildman–Crippen MR) is 94.9 cm³/mol. The highest BCUT2D eigenvalue weighted by Crippen LogP contribution is 2.23. The smallest absolute Gasteiger partial charge is 0.262 e. The van der Waals surface area contributed by atoms with E-state index in [1.165, 1.54) is 0 Å². The topological polar surface area (TPSA) is 99.1 Å². The second-order valence-corrected chi connectivity index (χ2v) is 5.30. The molecule has 3 rings (SSSR count). The normalized spacial score (nSPS) is 10.2. The van der Waals surface area contributed by atoms with Crippen molar-refractivity contribution in [2.45, 2.75) is 6.92 Å². The molecule has 1 N–H and O–H groups in total. The van der Waals surface area contributed by atoms with E-state index in [2.05, 4.69) is 25.3 Å². The van der Waals surface area contributed by atoms with Crippen molar-refractivity contribution < 1.29 is 14.3 Å². The van der Waals surface area contributed by atoms with Crippen molar-refractivity contribution in [2.24, 2.45) is 0 Å². The van der Waals surface area contributed by atoms with E-state index in [0.717, 1.165) is 0 Å². The number of para-hydroxylation sites is 2. The van der Waals surface area contributed by atoms with Crippen LogP contribution in [0, 0.1) is 6.92 Å². The Labute approximate surface area is 150 Å². The van der Waals surface area contributed by atoms with Crippen LogP contribution in [0.15, 0.2) is 48.9 Å². The Morgan fingerprint density at radius 2 is 2.04 bits per heavy atom. The average Bonchev–Trinajstić information content (AvgIpc) is 2.67. The van der Waals surface area contributed by atoms with E-state index < -0.39 is 0 Å². The molecule has 0 saturated carbocycles. The number of carbonyl (C=O) groups excluding carboxylic acids is 1. The van der Waals surface area contributed by atoms with E-state index >= 15 is 0 Å². The van der Waals surface area contributed by atoms with E-state index in [-0.39, 0.29) is 18.4 Å². The van der Waals surface area contributed by atoms with Gasteiger partial charge in [-0.25, -0.2) is 9.97 Å². The highest BCUT2D eigenvalue weighted by molar-refractivity contribution is 5.93. The van der Waals surface area contributed by atoms with Gasteiger partial charge >= 0.3 is 0 Å². The first-order chi connectivity index (χ1) is 12.7. The maximum Gasteiger partial charge on any atom is 0.262 e. The second-order valence-electron chi connectivity index (χ2n) is 5.30. The molecule has 0 fully saturated rings. The summed E-state index contributed by atoms with van der Waals surface area (Å²) in [4.78, 5) is 28.9. The molecule has 2 aromatic heterocycles. The van der Waals surface area contributed by atoms with Crippen LogP contribution in [-0.4, -0.2) is 39.6 Å². The molecule has 0 spiro atoms. The third-order valence-corrected chi connectivity index (χ3v) is 3.36. The monoisotopic (exact) mass is 351 g/mol. The number of nitrogens with one attached hydrogen (secondary N) is 1. The van der Waals surface area contributed by atoms with Gasteiger partial charge in [-0.2, -0.15) is 4.98 Å². The van der Waals surface area contributed by atoms with Crippen LogP contribution in [0.5, 0.6) is 11.6 Å². The number of nitrogens with zero attached hydrogens (tertiary/aromatic N) is 4. The molecule has 8 nitrogen and oxygen atoms in total. The van der Waals surface area contributed by atoms with Gasteiger partial charge in [0.2, 0.25) is 5.88 Å². The predicted octanol–water partition coefficient (Wildman–Crippen LogP) is 2.27. The number of ether oxygens (including phenoxy) is 2. The lowest BCUT2D eigenvalue weighted by Gasteiger charge is -2.11. The van der Waals surface area contributed by atoms with Crippen molar-refractivity contribution in [1.82, 2.24) is 19.9 Å². The maximum absolute atomic E-state index is 12.1. The zero-order chi connectivity index (χ0) is 18.4. The SMILES string of the molecule is COc1ccccc1NC(=O)COc1cc(C)nc(-c2cnccn2)n1. The minimum absolute atomic E-state index is 0.200. The number of aromatic nitrogens is 4. The number of anilines is 1. The Morgan fingerprint density at radius 1 is 1.19 bits per heavy atom. The highest BCUT2D eigenvalue weighted by Gasteiger charge is 2.11. The number of hydrogen-bond acceptors (Lipinski definition) is 7. The molecule has 8 heteroatoms. The van der Waals surface area contributed by atoms with Crippen LogP contribution < -0.4 is 14.8 Å². The fourth-order valence-electron chi connectivity index (χ4n) is 2.22. The number of carbonyl (C=O) groups is 1. The van der Waals surface area contributed by atoms with Gasteiger partial charge in [0.25, 0.3) is 5.91 Å². The van der Waals surface area contributed by atoms with Gasteiger partial charge in [-0.15, -0.1) is 0 Å². The van der Waals surface area contributed by atoms with Crippen molar-refractivity contribution in [2.75, 3.05) is 19.0 Å². The van der Waals surface area contributed by atoms with E-state index in [0.29, 0.717) is 28.6 Å². The van der Waals surface area contributed by atoms with Gasteiger partial charge < -0.3 is 14.8 Å². The summed E-state index contributed by atoms with van der Waals surface area (Å²) in [7, 11) is 1.54. The summed E-state index contributed by atoms with van der Waals surface area (Å²) in [6.07, 6.45) is 4.69. The van der Waals surface area contributed by atoms with Crippen LogP contribution in [0.4, 0.5) is 5.69 Å². The van der Waals surface area contributed by atoms with E-state index in [9.17, 15) is 4.79 Å². The van der Waals surface area contributed by atoms with Crippen molar-refractivity contribution >= 4 is 11.6 Å². The molecule has 0 bridgehead atoms. The lowest BCUT2D eigenvalue weighted by molar-refractivity contribution is -0.118. The first kappa shape index (κ1) is 17.3. The molecule has 0 aliphatic heterocycles. The number of aryl methyl sites for hydroxylation is 1. The van der Waals surface area contributed by atoms with Crippen LogP contribution in [0.3, 0.4) is 0 Å². The number of amides is 1.